The van der Waals surface area contributed by atoms with Gasteiger partial charge in [-0.15, -0.1) is 0 Å². The summed E-state index contributed by atoms with van der Waals surface area (Å²) in [5.74, 6) is 0.734. The SMILES string of the molecule is CC(C)CCc1ccc(NC(=O)c2cccc(C(=O)N(C)C)c2)nc1. The minimum Gasteiger partial charge on any atom is -0.345 e. The fourth-order valence-corrected chi connectivity index (χ4v) is 2.34. The minimum atomic E-state index is -0.282. The molecule has 5 heteroatoms. The summed E-state index contributed by atoms with van der Waals surface area (Å²) in [6, 6.07) is 10.5. The number of hydrogen-bond acceptors (Lipinski definition) is 3. The van der Waals surface area contributed by atoms with E-state index in [-0.39, 0.29) is 11.8 Å². The van der Waals surface area contributed by atoms with Gasteiger partial charge >= 0.3 is 0 Å². The van der Waals surface area contributed by atoms with E-state index in [4.69, 9.17) is 0 Å². The number of carbonyl (C=O) groups is 2. The molecule has 2 amide bonds. The lowest BCUT2D eigenvalue weighted by atomic mass is 10.0. The van der Waals surface area contributed by atoms with E-state index in [2.05, 4.69) is 24.1 Å². The normalized spacial score (nSPS) is 10.6. The Morgan fingerprint density at radius 1 is 1.12 bits per heavy atom. The number of rotatable bonds is 6. The molecule has 5 nitrogen and oxygen atoms in total. The zero-order valence-electron chi connectivity index (χ0n) is 15.2. The summed E-state index contributed by atoms with van der Waals surface area (Å²) >= 11 is 0. The van der Waals surface area contributed by atoms with Crippen molar-refractivity contribution in [2.24, 2.45) is 5.92 Å². The van der Waals surface area contributed by atoms with Crippen LogP contribution in [0.3, 0.4) is 0 Å². The average Bonchev–Trinajstić information content (AvgIpc) is 2.60. The number of anilines is 1. The molecule has 0 radical (unpaired) electrons. The number of aromatic nitrogens is 1. The van der Waals surface area contributed by atoms with Gasteiger partial charge in [0.15, 0.2) is 0 Å². The molecule has 1 aromatic heterocycles. The predicted octanol–water partition coefficient (Wildman–Crippen LogP) is 3.62. The average molecular weight is 339 g/mol. The Morgan fingerprint density at radius 2 is 1.84 bits per heavy atom. The van der Waals surface area contributed by atoms with E-state index in [0.717, 1.165) is 18.4 Å². The lowest BCUT2D eigenvalue weighted by Crippen LogP contribution is -2.22. The Hall–Kier alpha value is -2.69. The summed E-state index contributed by atoms with van der Waals surface area (Å²) in [4.78, 5) is 30.2. The van der Waals surface area contributed by atoms with Gasteiger partial charge in [0, 0.05) is 31.4 Å². The van der Waals surface area contributed by atoms with E-state index in [9.17, 15) is 9.59 Å². The van der Waals surface area contributed by atoms with Crippen molar-refractivity contribution < 1.29 is 9.59 Å². The van der Waals surface area contributed by atoms with Crippen molar-refractivity contribution in [1.29, 1.82) is 0 Å². The van der Waals surface area contributed by atoms with Crippen LogP contribution >= 0.6 is 0 Å². The molecule has 0 fully saturated rings. The zero-order valence-corrected chi connectivity index (χ0v) is 15.2. The van der Waals surface area contributed by atoms with Crippen molar-refractivity contribution in [2.75, 3.05) is 19.4 Å². The molecular weight excluding hydrogens is 314 g/mol. The third-order valence-corrected chi connectivity index (χ3v) is 3.85. The number of hydrogen-bond donors (Lipinski definition) is 1. The molecule has 0 unspecified atom stereocenters. The molecule has 1 aromatic carbocycles. The Bertz CT molecular complexity index is 737. The quantitative estimate of drug-likeness (QED) is 0.874. The van der Waals surface area contributed by atoms with Crippen LogP contribution in [-0.4, -0.2) is 35.8 Å². The second kappa shape index (κ2) is 8.42. The molecule has 0 spiro atoms. The summed E-state index contributed by atoms with van der Waals surface area (Å²) in [5.41, 5.74) is 2.07. The van der Waals surface area contributed by atoms with Crippen LogP contribution in [0.2, 0.25) is 0 Å². The Morgan fingerprint density at radius 3 is 2.44 bits per heavy atom. The predicted molar refractivity (Wildman–Crippen MR) is 99.8 cm³/mol. The molecule has 0 aliphatic carbocycles. The first kappa shape index (κ1) is 18.6. The third-order valence-electron chi connectivity index (χ3n) is 3.85. The molecule has 0 bridgehead atoms. The highest BCUT2D eigenvalue weighted by molar-refractivity contribution is 6.05. The topological polar surface area (TPSA) is 62.3 Å². The Labute approximate surface area is 149 Å². The van der Waals surface area contributed by atoms with Gasteiger partial charge in [-0.05, 0) is 48.6 Å². The zero-order chi connectivity index (χ0) is 18.4. The fraction of sp³-hybridized carbons (Fsp3) is 0.350. The van der Waals surface area contributed by atoms with Gasteiger partial charge in [0.2, 0.25) is 0 Å². The maximum atomic E-state index is 12.4. The van der Waals surface area contributed by atoms with Gasteiger partial charge in [0.05, 0.1) is 0 Å². The molecule has 2 rings (SSSR count). The molecule has 0 saturated carbocycles. The molecule has 2 aromatic rings. The van der Waals surface area contributed by atoms with Crippen LogP contribution < -0.4 is 5.32 Å². The molecule has 25 heavy (non-hydrogen) atoms. The molecule has 132 valence electrons. The van der Waals surface area contributed by atoms with Crippen LogP contribution in [0.15, 0.2) is 42.6 Å². The number of carbonyl (C=O) groups excluding carboxylic acids is 2. The van der Waals surface area contributed by atoms with Crippen molar-refractivity contribution >= 4 is 17.6 Å². The first-order valence-corrected chi connectivity index (χ1v) is 8.45. The number of aryl methyl sites for hydroxylation is 1. The number of pyridine rings is 1. The molecule has 1 N–H and O–H groups in total. The van der Waals surface area contributed by atoms with Crippen LogP contribution in [0, 0.1) is 5.92 Å². The second-order valence-electron chi connectivity index (χ2n) is 6.72. The maximum Gasteiger partial charge on any atom is 0.256 e. The van der Waals surface area contributed by atoms with Crippen LogP contribution in [0.1, 0.15) is 46.5 Å². The van der Waals surface area contributed by atoms with Crippen molar-refractivity contribution in [3.63, 3.8) is 0 Å². The number of benzene rings is 1. The highest BCUT2D eigenvalue weighted by Crippen LogP contribution is 2.13. The van der Waals surface area contributed by atoms with Gasteiger partial charge < -0.3 is 10.2 Å². The Balaban J connectivity index is 2.04. The van der Waals surface area contributed by atoms with Crippen LogP contribution in [0.5, 0.6) is 0 Å². The molecule has 0 atom stereocenters. The van der Waals surface area contributed by atoms with Gasteiger partial charge in [0.1, 0.15) is 5.82 Å². The summed E-state index contributed by atoms with van der Waals surface area (Å²) in [7, 11) is 3.36. The van der Waals surface area contributed by atoms with E-state index in [1.165, 1.54) is 4.90 Å². The van der Waals surface area contributed by atoms with E-state index in [0.29, 0.717) is 22.9 Å². The van der Waals surface area contributed by atoms with E-state index >= 15 is 0 Å². The smallest absolute Gasteiger partial charge is 0.256 e. The summed E-state index contributed by atoms with van der Waals surface area (Å²) < 4.78 is 0. The van der Waals surface area contributed by atoms with Crippen LogP contribution in [-0.2, 0) is 6.42 Å². The third kappa shape index (κ3) is 5.41. The summed E-state index contributed by atoms with van der Waals surface area (Å²) in [5, 5.41) is 2.77. The summed E-state index contributed by atoms with van der Waals surface area (Å²) in [6.45, 7) is 4.38. The number of nitrogens with one attached hydrogen (secondary N) is 1. The van der Waals surface area contributed by atoms with Gasteiger partial charge in [-0.1, -0.05) is 26.0 Å². The van der Waals surface area contributed by atoms with Gasteiger partial charge in [0.25, 0.3) is 11.8 Å². The maximum absolute atomic E-state index is 12.4. The van der Waals surface area contributed by atoms with Crippen molar-refractivity contribution in [3.05, 3.63) is 59.3 Å². The fourth-order valence-electron chi connectivity index (χ4n) is 2.34. The van der Waals surface area contributed by atoms with Crippen LogP contribution in [0.4, 0.5) is 5.82 Å². The van der Waals surface area contributed by atoms with Gasteiger partial charge in [-0.3, -0.25) is 9.59 Å². The summed E-state index contributed by atoms with van der Waals surface area (Å²) in [6.07, 6.45) is 3.89. The molecule has 0 saturated heterocycles. The molecule has 0 aliphatic heterocycles. The van der Waals surface area contributed by atoms with Crippen molar-refractivity contribution in [2.45, 2.75) is 26.7 Å². The van der Waals surface area contributed by atoms with Gasteiger partial charge in [-0.25, -0.2) is 4.98 Å². The largest absolute Gasteiger partial charge is 0.345 e. The number of nitrogens with zero attached hydrogens (tertiary/aromatic N) is 2. The second-order valence-corrected chi connectivity index (χ2v) is 6.72. The first-order chi connectivity index (χ1) is 11.9. The standard InChI is InChI=1S/C20H25N3O2/c1-14(2)8-9-15-10-11-18(21-13-15)22-19(24)16-6-5-7-17(12-16)20(25)23(3)4/h5-7,10-14H,8-9H2,1-4H3,(H,21,22,24). The first-order valence-electron chi connectivity index (χ1n) is 8.45. The Kier molecular flexibility index (Phi) is 6.28. The minimum absolute atomic E-state index is 0.137. The number of amides is 2. The molecular formula is C20H25N3O2. The monoisotopic (exact) mass is 339 g/mol. The van der Waals surface area contributed by atoms with E-state index in [1.54, 1.807) is 44.6 Å². The van der Waals surface area contributed by atoms with Crippen molar-refractivity contribution in [3.8, 4) is 0 Å². The molecule has 1 heterocycles. The van der Waals surface area contributed by atoms with Gasteiger partial charge in [-0.2, -0.15) is 0 Å². The highest BCUT2D eigenvalue weighted by Gasteiger charge is 2.12. The van der Waals surface area contributed by atoms with E-state index in [1.807, 2.05) is 12.1 Å². The van der Waals surface area contributed by atoms with Crippen molar-refractivity contribution in [1.82, 2.24) is 9.88 Å². The van der Waals surface area contributed by atoms with Crippen LogP contribution in [0.25, 0.3) is 0 Å². The highest BCUT2D eigenvalue weighted by atomic mass is 16.2. The van der Waals surface area contributed by atoms with E-state index < -0.39 is 0 Å². The molecule has 0 aliphatic rings. The lowest BCUT2D eigenvalue weighted by Gasteiger charge is -2.11. The lowest BCUT2D eigenvalue weighted by molar-refractivity contribution is 0.0827.